The summed E-state index contributed by atoms with van der Waals surface area (Å²) in [6, 6.07) is 43.4. The Morgan fingerprint density at radius 3 is 1.67 bits per heavy atom. The molecule has 0 aliphatic carbocycles. The zero-order valence-electron chi connectivity index (χ0n) is 22.6. The minimum atomic E-state index is -0.496. The predicted octanol–water partition coefficient (Wildman–Crippen LogP) is 7.43. The quantitative estimate of drug-likeness (QED) is 0.112. The third kappa shape index (κ3) is 7.04. The van der Waals surface area contributed by atoms with Crippen LogP contribution in [0.2, 0.25) is 6.04 Å². The maximum Gasteiger partial charge on any atom is 0.103 e. The highest BCUT2D eigenvalue weighted by Crippen LogP contribution is 2.34. The molecule has 0 atom stereocenters. The van der Waals surface area contributed by atoms with Gasteiger partial charge in [0.2, 0.25) is 0 Å². The highest BCUT2D eigenvalue weighted by Gasteiger charge is 2.35. The van der Waals surface area contributed by atoms with Gasteiger partial charge in [-0.3, -0.25) is 0 Å². The van der Waals surface area contributed by atoms with Gasteiger partial charge in [-0.25, -0.2) is 4.98 Å². The van der Waals surface area contributed by atoms with Crippen LogP contribution in [0.3, 0.4) is 0 Å². The molecule has 192 valence electrons. The molecule has 0 N–H and O–H groups in total. The van der Waals surface area contributed by atoms with Crippen molar-refractivity contribution in [2.75, 3.05) is 0 Å². The van der Waals surface area contributed by atoms with E-state index in [-0.39, 0.29) is 5.16 Å². The molecule has 0 saturated heterocycles. The van der Waals surface area contributed by atoms with Gasteiger partial charge in [-0.2, -0.15) is 0 Å². The fourth-order valence-electron chi connectivity index (χ4n) is 5.03. The smallest absolute Gasteiger partial charge is 0.103 e. The molecule has 0 amide bonds. The molecular formula is C35H35BN2Si. The first-order chi connectivity index (χ1) is 19.3. The van der Waals surface area contributed by atoms with Gasteiger partial charge in [0.05, 0.1) is 21.0 Å². The molecule has 0 fully saturated rings. The Labute approximate surface area is 237 Å². The second-order valence-electron chi connectivity index (χ2n) is 9.34. The van der Waals surface area contributed by atoms with Gasteiger partial charge in [0.15, 0.2) is 0 Å². The normalized spacial score (nSPS) is 11.3. The van der Waals surface area contributed by atoms with Gasteiger partial charge in [-0.1, -0.05) is 140 Å². The summed E-state index contributed by atoms with van der Waals surface area (Å²) >= 11 is 0. The van der Waals surface area contributed by atoms with Crippen LogP contribution in [0.25, 0.3) is 5.57 Å². The molecule has 2 nitrogen and oxygen atoms in total. The number of rotatable bonds is 9. The van der Waals surface area contributed by atoms with E-state index in [1.165, 1.54) is 17.2 Å². The van der Waals surface area contributed by atoms with Crippen molar-refractivity contribution in [1.82, 2.24) is 9.55 Å². The lowest BCUT2D eigenvalue weighted by Crippen LogP contribution is -2.41. The van der Waals surface area contributed by atoms with E-state index in [2.05, 4.69) is 120 Å². The third-order valence-electron chi connectivity index (χ3n) is 6.93. The van der Waals surface area contributed by atoms with Crippen LogP contribution in [0.5, 0.6) is 0 Å². The van der Waals surface area contributed by atoms with Gasteiger partial charge < -0.3 is 4.57 Å². The number of hydrogen-bond donors (Lipinski definition) is 0. The summed E-state index contributed by atoms with van der Waals surface area (Å²) in [5.74, 6) is 1.66. The molecule has 2 radical (unpaired) electrons. The molecule has 5 rings (SSSR count). The van der Waals surface area contributed by atoms with E-state index in [1.807, 2.05) is 48.9 Å². The third-order valence-corrected chi connectivity index (χ3v) is 9.60. The number of benzene rings is 4. The van der Waals surface area contributed by atoms with Gasteiger partial charge in [0.25, 0.3) is 0 Å². The van der Waals surface area contributed by atoms with Crippen LogP contribution in [0.4, 0.5) is 0 Å². The first-order valence-corrected chi connectivity index (χ1v) is 15.2. The summed E-state index contributed by atoms with van der Waals surface area (Å²) in [5.41, 5.74) is 6.08. The summed E-state index contributed by atoms with van der Waals surface area (Å²) in [5, 5.41) is -0.0827. The van der Waals surface area contributed by atoms with E-state index >= 15 is 0 Å². The molecule has 0 saturated carbocycles. The lowest BCUT2D eigenvalue weighted by Gasteiger charge is -2.36. The fourth-order valence-corrected chi connectivity index (χ4v) is 7.48. The Morgan fingerprint density at radius 1 is 0.769 bits per heavy atom. The topological polar surface area (TPSA) is 17.8 Å². The standard InChI is InChI=1S/C21H24N2Si.C14H11B/c1-2-3-10-17-24-21(23-16-15-22-18-23,19-11-6-4-7-12-19)20-13-8-5-9-14-20;15-11-14(12-7-3-1-4-8-12)13-9-5-2-6-10-13/h2-9,11-16,18H,10,17,24H2,1H3;1-11H. The molecule has 0 aliphatic rings. The van der Waals surface area contributed by atoms with Gasteiger partial charge in [-0.15, -0.1) is 5.98 Å². The highest BCUT2D eigenvalue weighted by molar-refractivity contribution is 6.41. The first-order valence-electron chi connectivity index (χ1n) is 13.5. The van der Waals surface area contributed by atoms with E-state index in [1.54, 1.807) is 5.98 Å². The van der Waals surface area contributed by atoms with E-state index in [4.69, 9.17) is 7.85 Å². The largest absolute Gasteiger partial charge is 0.327 e. The Bertz CT molecular complexity index is 1330. The van der Waals surface area contributed by atoms with Crippen LogP contribution in [-0.2, 0) is 5.16 Å². The molecular weight excluding hydrogens is 487 g/mol. The van der Waals surface area contributed by atoms with Crippen molar-refractivity contribution in [3.8, 4) is 0 Å². The average Bonchev–Trinajstić information content (AvgIpc) is 3.56. The lowest BCUT2D eigenvalue weighted by molar-refractivity contribution is 0.590. The molecule has 0 spiro atoms. The molecule has 5 aromatic rings. The highest BCUT2D eigenvalue weighted by atomic mass is 28.2. The van der Waals surface area contributed by atoms with Crippen LogP contribution in [0.15, 0.2) is 158 Å². The first kappa shape index (κ1) is 27.9. The van der Waals surface area contributed by atoms with E-state index in [0.717, 1.165) is 23.1 Å². The van der Waals surface area contributed by atoms with Crippen molar-refractivity contribution in [1.29, 1.82) is 0 Å². The minimum absolute atomic E-state index is 0.0827. The summed E-state index contributed by atoms with van der Waals surface area (Å²) in [6.07, 6.45) is 11.6. The Morgan fingerprint density at radius 2 is 1.26 bits per heavy atom. The van der Waals surface area contributed by atoms with Crippen molar-refractivity contribution in [3.05, 3.63) is 180 Å². The van der Waals surface area contributed by atoms with Gasteiger partial charge >= 0.3 is 0 Å². The molecule has 0 aliphatic heterocycles. The Kier molecular flexibility index (Phi) is 10.5. The van der Waals surface area contributed by atoms with Crippen molar-refractivity contribution in [3.63, 3.8) is 0 Å². The summed E-state index contributed by atoms with van der Waals surface area (Å²) < 4.78 is 2.32. The maximum absolute atomic E-state index is 5.67. The minimum Gasteiger partial charge on any atom is -0.327 e. The number of nitrogens with zero attached hydrogens (tertiary/aromatic N) is 2. The molecule has 1 heterocycles. The molecule has 4 heteroatoms. The van der Waals surface area contributed by atoms with Crippen LogP contribution >= 0.6 is 0 Å². The van der Waals surface area contributed by atoms with Crippen molar-refractivity contribution < 1.29 is 0 Å². The van der Waals surface area contributed by atoms with E-state index in [0.29, 0.717) is 0 Å². The summed E-state index contributed by atoms with van der Waals surface area (Å²) in [6.45, 7) is 2.10. The molecule has 0 bridgehead atoms. The molecule has 0 unspecified atom stereocenters. The SMILES string of the molecule is CC=CCC[SiH2]C(c1ccccc1)(c1ccccc1)n1ccnc1.[B]C=C(c1ccccc1)c1ccccc1. The number of imidazole rings is 1. The van der Waals surface area contributed by atoms with Gasteiger partial charge in [0.1, 0.15) is 7.85 Å². The van der Waals surface area contributed by atoms with Crippen LogP contribution in [0.1, 0.15) is 35.6 Å². The van der Waals surface area contributed by atoms with Crippen LogP contribution in [-0.4, -0.2) is 26.9 Å². The van der Waals surface area contributed by atoms with Crippen LogP contribution < -0.4 is 0 Å². The number of allylic oxidation sites excluding steroid dienone is 2. The number of hydrogen-bond acceptors (Lipinski definition) is 1. The van der Waals surface area contributed by atoms with E-state index in [9.17, 15) is 0 Å². The van der Waals surface area contributed by atoms with Gasteiger partial charge in [-0.05, 0) is 41.2 Å². The summed E-state index contributed by atoms with van der Waals surface area (Å²) in [4.78, 5) is 4.35. The predicted molar refractivity (Wildman–Crippen MR) is 170 cm³/mol. The summed E-state index contributed by atoms with van der Waals surface area (Å²) in [7, 11) is 5.18. The van der Waals surface area contributed by atoms with Crippen molar-refractivity contribution in [2.45, 2.75) is 24.6 Å². The molecule has 1 aromatic heterocycles. The zero-order valence-corrected chi connectivity index (χ0v) is 24.0. The van der Waals surface area contributed by atoms with Crippen molar-refractivity contribution in [2.24, 2.45) is 0 Å². The van der Waals surface area contributed by atoms with E-state index < -0.39 is 9.52 Å². The zero-order chi connectivity index (χ0) is 27.2. The molecule has 39 heavy (non-hydrogen) atoms. The van der Waals surface area contributed by atoms with Crippen LogP contribution in [0, 0.1) is 0 Å². The average molecular weight is 523 g/mol. The number of aromatic nitrogens is 2. The maximum atomic E-state index is 5.67. The molecule has 4 aromatic carbocycles. The second-order valence-corrected chi connectivity index (χ2v) is 11.6. The fraction of sp³-hybridized carbons (Fsp3) is 0.114. The van der Waals surface area contributed by atoms with Crippen molar-refractivity contribution >= 4 is 22.9 Å². The Balaban J connectivity index is 0.000000202. The monoisotopic (exact) mass is 522 g/mol. The second kappa shape index (κ2) is 14.7. The van der Waals surface area contributed by atoms with Gasteiger partial charge in [0, 0.05) is 12.4 Å². The Hall–Kier alpha value is -4.15. The lowest BCUT2D eigenvalue weighted by atomic mass is 9.92.